The van der Waals surface area contributed by atoms with Gasteiger partial charge in [0.05, 0.1) is 6.61 Å². The third-order valence-corrected chi connectivity index (χ3v) is 5.95. The van der Waals surface area contributed by atoms with E-state index in [1.54, 1.807) is 0 Å². The van der Waals surface area contributed by atoms with Gasteiger partial charge in [0.25, 0.3) is 0 Å². The minimum absolute atomic E-state index is 0.00579. The topological polar surface area (TPSA) is 114 Å². The first-order valence-corrected chi connectivity index (χ1v) is 12.0. The zero-order valence-electron chi connectivity index (χ0n) is 20.3. The van der Waals surface area contributed by atoms with Crippen molar-refractivity contribution in [2.24, 2.45) is 11.8 Å². The summed E-state index contributed by atoms with van der Waals surface area (Å²) >= 11 is 0. The summed E-state index contributed by atoms with van der Waals surface area (Å²) in [5, 5.41) is 14.4. The minimum atomic E-state index is -0.875. The predicted molar refractivity (Wildman–Crippen MR) is 132 cm³/mol. The van der Waals surface area contributed by atoms with Gasteiger partial charge in [0.15, 0.2) is 0 Å². The number of rotatable bonds is 13. The van der Waals surface area contributed by atoms with Gasteiger partial charge in [-0.05, 0) is 40.5 Å². The molecule has 2 aromatic rings. The Labute approximate surface area is 206 Å². The molecule has 35 heavy (non-hydrogen) atoms. The fraction of sp³-hybridized carbons (Fsp3) is 0.444. The van der Waals surface area contributed by atoms with E-state index in [0.717, 1.165) is 17.5 Å². The van der Waals surface area contributed by atoms with Gasteiger partial charge in [-0.2, -0.15) is 0 Å². The Hall–Kier alpha value is -3.39. The predicted octanol–water partition coefficient (Wildman–Crippen LogP) is 3.79. The van der Waals surface area contributed by atoms with Crippen molar-refractivity contribution < 1.29 is 29.0 Å². The Kier molecular flexibility index (Phi) is 9.66. The molecule has 188 valence electrons. The maximum absolute atomic E-state index is 12.2. The average Bonchev–Trinajstić information content (AvgIpc) is 3.14. The lowest BCUT2D eigenvalue weighted by molar-refractivity contribution is -0.138. The number of carboxylic acid groups (broad SMARTS) is 1. The van der Waals surface area contributed by atoms with Gasteiger partial charge in [-0.25, -0.2) is 4.79 Å². The molecule has 8 nitrogen and oxygen atoms in total. The SMILES string of the molecule is CC(C)CC(CNC(=O)COCCNC(=O)OCC1c2ccccc2-c2ccccc21)CC(=O)O. The first kappa shape index (κ1) is 26.2. The van der Waals surface area contributed by atoms with E-state index in [1.165, 1.54) is 11.1 Å². The highest BCUT2D eigenvalue weighted by Crippen LogP contribution is 2.44. The smallest absolute Gasteiger partial charge is 0.407 e. The second-order valence-corrected chi connectivity index (χ2v) is 9.20. The van der Waals surface area contributed by atoms with Gasteiger partial charge in [0.1, 0.15) is 13.2 Å². The van der Waals surface area contributed by atoms with Crippen LogP contribution in [0.2, 0.25) is 0 Å². The Morgan fingerprint density at radius 1 is 0.971 bits per heavy atom. The van der Waals surface area contributed by atoms with Gasteiger partial charge in [-0.3, -0.25) is 9.59 Å². The zero-order chi connectivity index (χ0) is 25.2. The van der Waals surface area contributed by atoms with Crippen LogP contribution in [-0.4, -0.2) is 56.0 Å². The highest BCUT2D eigenvalue weighted by atomic mass is 16.5. The molecule has 0 aromatic heterocycles. The maximum Gasteiger partial charge on any atom is 0.407 e. The van der Waals surface area contributed by atoms with Gasteiger partial charge < -0.3 is 25.2 Å². The molecule has 0 heterocycles. The van der Waals surface area contributed by atoms with Crippen molar-refractivity contribution >= 4 is 18.0 Å². The van der Waals surface area contributed by atoms with Gasteiger partial charge in [0.2, 0.25) is 5.91 Å². The molecule has 0 saturated heterocycles. The van der Waals surface area contributed by atoms with Crippen LogP contribution in [0.4, 0.5) is 4.79 Å². The monoisotopic (exact) mass is 482 g/mol. The van der Waals surface area contributed by atoms with E-state index in [1.807, 2.05) is 38.1 Å². The molecular weight excluding hydrogens is 448 g/mol. The molecule has 8 heteroatoms. The van der Waals surface area contributed by atoms with Crippen LogP contribution < -0.4 is 10.6 Å². The summed E-state index contributed by atoms with van der Waals surface area (Å²) in [6.45, 7) is 4.77. The van der Waals surface area contributed by atoms with Crippen molar-refractivity contribution in [2.75, 3.05) is 32.9 Å². The fourth-order valence-electron chi connectivity index (χ4n) is 4.50. The Morgan fingerprint density at radius 3 is 2.20 bits per heavy atom. The largest absolute Gasteiger partial charge is 0.481 e. The number of hydrogen-bond acceptors (Lipinski definition) is 5. The highest BCUT2D eigenvalue weighted by Gasteiger charge is 2.28. The molecule has 0 fully saturated rings. The van der Waals surface area contributed by atoms with E-state index in [9.17, 15) is 14.4 Å². The molecule has 1 aliphatic carbocycles. The van der Waals surface area contributed by atoms with Crippen molar-refractivity contribution in [3.63, 3.8) is 0 Å². The Morgan fingerprint density at radius 2 is 1.60 bits per heavy atom. The van der Waals surface area contributed by atoms with Crippen LogP contribution in [0, 0.1) is 11.8 Å². The van der Waals surface area contributed by atoms with Crippen LogP contribution in [0.3, 0.4) is 0 Å². The van der Waals surface area contributed by atoms with Crippen LogP contribution in [0.15, 0.2) is 48.5 Å². The van der Waals surface area contributed by atoms with Gasteiger partial charge in [-0.1, -0.05) is 62.4 Å². The minimum Gasteiger partial charge on any atom is -0.481 e. The molecule has 0 spiro atoms. The number of ether oxygens (including phenoxy) is 2. The maximum atomic E-state index is 12.2. The van der Waals surface area contributed by atoms with Crippen molar-refractivity contribution in [3.8, 4) is 11.1 Å². The van der Waals surface area contributed by atoms with Crippen molar-refractivity contribution in [1.29, 1.82) is 0 Å². The summed E-state index contributed by atoms with van der Waals surface area (Å²) < 4.78 is 10.8. The van der Waals surface area contributed by atoms with E-state index < -0.39 is 12.1 Å². The molecule has 1 unspecified atom stereocenters. The molecule has 0 bridgehead atoms. The van der Waals surface area contributed by atoms with Crippen LogP contribution in [0.1, 0.15) is 43.7 Å². The third-order valence-electron chi connectivity index (χ3n) is 5.95. The summed E-state index contributed by atoms with van der Waals surface area (Å²) in [6, 6.07) is 16.3. The first-order chi connectivity index (χ1) is 16.8. The summed E-state index contributed by atoms with van der Waals surface area (Å²) in [6.07, 6.45) is 0.200. The lowest BCUT2D eigenvalue weighted by Crippen LogP contribution is -2.34. The Balaban J connectivity index is 1.33. The van der Waals surface area contributed by atoms with Gasteiger partial charge in [-0.15, -0.1) is 0 Å². The number of fused-ring (bicyclic) bond motifs is 3. The number of aliphatic carboxylic acids is 1. The summed E-state index contributed by atoms with van der Waals surface area (Å²) in [4.78, 5) is 35.1. The lowest BCUT2D eigenvalue weighted by Gasteiger charge is -2.17. The molecule has 3 N–H and O–H groups in total. The van der Waals surface area contributed by atoms with E-state index in [4.69, 9.17) is 14.6 Å². The van der Waals surface area contributed by atoms with Crippen LogP contribution in [0.5, 0.6) is 0 Å². The average molecular weight is 483 g/mol. The molecule has 0 radical (unpaired) electrons. The first-order valence-electron chi connectivity index (χ1n) is 12.0. The summed E-state index contributed by atoms with van der Waals surface area (Å²) in [7, 11) is 0. The molecular formula is C27H34N2O6. The van der Waals surface area contributed by atoms with Crippen LogP contribution in [-0.2, 0) is 19.1 Å². The molecule has 1 aliphatic rings. The normalized spacial score (nSPS) is 13.1. The van der Waals surface area contributed by atoms with E-state index >= 15 is 0 Å². The van der Waals surface area contributed by atoms with Crippen molar-refractivity contribution in [3.05, 3.63) is 59.7 Å². The number of carboxylic acids is 1. The number of alkyl carbamates (subject to hydrolysis) is 1. The fourth-order valence-corrected chi connectivity index (χ4v) is 4.50. The molecule has 3 rings (SSSR count). The van der Waals surface area contributed by atoms with Gasteiger partial charge in [0, 0.05) is 25.4 Å². The molecule has 2 aromatic carbocycles. The summed E-state index contributed by atoms with van der Waals surface area (Å²) in [5.74, 6) is -0.970. The molecule has 0 saturated carbocycles. The molecule has 1 atom stereocenters. The summed E-state index contributed by atoms with van der Waals surface area (Å²) in [5.41, 5.74) is 4.63. The van der Waals surface area contributed by atoms with E-state index in [0.29, 0.717) is 12.5 Å². The number of amides is 2. The molecule has 0 aliphatic heterocycles. The zero-order valence-corrected chi connectivity index (χ0v) is 20.3. The van der Waals surface area contributed by atoms with Gasteiger partial charge >= 0.3 is 12.1 Å². The lowest BCUT2D eigenvalue weighted by atomic mass is 9.94. The number of carbonyl (C=O) groups excluding carboxylic acids is 2. The number of hydrogen-bond donors (Lipinski definition) is 3. The second kappa shape index (κ2) is 12.9. The van der Waals surface area contributed by atoms with Crippen molar-refractivity contribution in [2.45, 2.75) is 32.6 Å². The van der Waals surface area contributed by atoms with Crippen LogP contribution in [0.25, 0.3) is 11.1 Å². The van der Waals surface area contributed by atoms with E-state index in [-0.39, 0.29) is 50.5 Å². The van der Waals surface area contributed by atoms with Crippen molar-refractivity contribution in [1.82, 2.24) is 10.6 Å². The Bertz CT molecular complexity index is 977. The second-order valence-electron chi connectivity index (χ2n) is 9.20. The number of carbonyl (C=O) groups is 3. The third kappa shape index (κ3) is 7.82. The number of benzene rings is 2. The standard InChI is InChI=1S/C27H34N2O6/c1-18(2)13-19(14-26(31)32)15-29-25(30)17-34-12-11-28-27(33)35-16-24-22-9-5-3-7-20(22)21-8-4-6-10-23(21)24/h3-10,18-19,24H,11-17H2,1-2H3,(H,28,33)(H,29,30)(H,31,32). The quantitative estimate of drug-likeness (QED) is 0.374. The highest BCUT2D eigenvalue weighted by molar-refractivity contribution is 5.79. The van der Waals surface area contributed by atoms with E-state index in [2.05, 4.69) is 34.9 Å². The van der Waals surface area contributed by atoms with Crippen LogP contribution >= 0.6 is 0 Å². The number of nitrogens with one attached hydrogen (secondary N) is 2. The molecule has 2 amide bonds.